The molecule has 22 heavy (non-hydrogen) atoms. The molecule has 2 unspecified atom stereocenters. The molecule has 8 heteroatoms. The van der Waals surface area contributed by atoms with Crippen molar-refractivity contribution in [3.05, 3.63) is 11.6 Å². The van der Waals surface area contributed by atoms with E-state index in [1.165, 1.54) is 6.33 Å². The Kier molecular flexibility index (Phi) is 3.84. The number of piperazine rings is 1. The van der Waals surface area contributed by atoms with Crippen LogP contribution in [0.15, 0.2) is 6.33 Å². The topological polar surface area (TPSA) is 71.5 Å². The highest BCUT2D eigenvalue weighted by Gasteiger charge is 2.43. The van der Waals surface area contributed by atoms with Crippen molar-refractivity contribution in [2.75, 3.05) is 18.0 Å². The molecule has 2 atom stereocenters. The van der Waals surface area contributed by atoms with Crippen molar-refractivity contribution < 1.29 is 9.53 Å². The highest BCUT2D eigenvalue weighted by Crippen LogP contribution is 2.32. The fraction of sp³-hybridized carbons (Fsp3) is 0.714. The molecule has 0 aromatic carbocycles. The van der Waals surface area contributed by atoms with E-state index in [1.54, 1.807) is 0 Å². The van der Waals surface area contributed by atoms with Gasteiger partial charge in [0.25, 0.3) is 0 Å². The molecule has 2 bridgehead atoms. The Morgan fingerprint density at radius 3 is 2.59 bits per heavy atom. The number of ether oxygens (including phenoxy) is 1. The fourth-order valence-electron chi connectivity index (χ4n) is 3.02. The van der Waals surface area contributed by atoms with Crippen LogP contribution in [0, 0.1) is 0 Å². The number of aromatic nitrogens is 3. The number of hydrogen-bond donors (Lipinski definition) is 0. The van der Waals surface area contributed by atoms with Gasteiger partial charge in [0.15, 0.2) is 0 Å². The number of rotatable bonds is 1. The average molecular weight is 326 g/mol. The molecule has 0 N–H and O–H groups in total. The molecule has 1 amide bonds. The maximum Gasteiger partial charge on any atom is 0.410 e. The number of fused-ring (bicyclic) bond motifs is 3. The molecule has 0 spiro atoms. The lowest BCUT2D eigenvalue weighted by molar-refractivity contribution is 0.000670. The van der Waals surface area contributed by atoms with Crippen molar-refractivity contribution in [2.24, 2.45) is 0 Å². The third kappa shape index (κ3) is 3.09. The maximum absolute atomic E-state index is 12.3. The molecule has 3 saturated heterocycles. The van der Waals surface area contributed by atoms with Crippen LogP contribution in [-0.2, 0) is 4.74 Å². The molecule has 1 aromatic rings. The lowest BCUT2D eigenvalue weighted by Crippen LogP contribution is -2.64. The summed E-state index contributed by atoms with van der Waals surface area (Å²) in [5.41, 5.74) is -0.477. The third-order valence-electron chi connectivity index (χ3n) is 3.94. The third-order valence-corrected chi connectivity index (χ3v) is 4.13. The summed E-state index contributed by atoms with van der Waals surface area (Å²) < 4.78 is 5.50. The second kappa shape index (κ2) is 5.53. The second-order valence-electron chi connectivity index (χ2n) is 6.72. The molecule has 1 aromatic heterocycles. The zero-order valence-electron chi connectivity index (χ0n) is 13.0. The van der Waals surface area contributed by atoms with Crippen LogP contribution >= 0.6 is 11.6 Å². The molecule has 3 aliphatic heterocycles. The molecule has 0 saturated carbocycles. The van der Waals surface area contributed by atoms with Crippen molar-refractivity contribution in [1.29, 1.82) is 0 Å². The molecule has 3 fully saturated rings. The number of hydrogen-bond acceptors (Lipinski definition) is 6. The van der Waals surface area contributed by atoms with E-state index in [0.29, 0.717) is 19.0 Å². The van der Waals surface area contributed by atoms with Crippen LogP contribution in [0.1, 0.15) is 33.6 Å². The predicted molar refractivity (Wildman–Crippen MR) is 81.9 cm³/mol. The van der Waals surface area contributed by atoms with E-state index < -0.39 is 5.60 Å². The molecule has 120 valence electrons. The lowest BCUT2D eigenvalue weighted by atomic mass is 9.91. The Morgan fingerprint density at radius 2 is 2.00 bits per heavy atom. The van der Waals surface area contributed by atoms with Crippen LogP contribution in [0.2, 0.25) is 5.28 Å². The Hall–Kier alpha value is -1.63. The van der Waals surface area contributed by atoms with Crippen LogP contribution < -0.4 is 4.90 Å². The number of carbonyl (C=O) groups excluding carboxylic acids is 1. The van der Waals surface area contributed by atoms with E-state index in [9.17, 15) is 4.79 Å². The van der Waals surface area contributed by atoms with Crippen LogP contribution in [0.3, 0.4) is 0 Å². The normalized spacial score (nSPS) is 24.5. The van der Waals surface area contributed by atoms with Crippen molar-refractivity contribution in [3.63, 3.8) is 0 Å². The Morgan fingerprint density at radius 1 is 1.27 bits per heavy atom. The first-order valence-corrected chi connectivity index (χ1v) is 7.82. The quantitative estimate of drug-likeness (QED) is 0.787. The summed E-state index contributed by atoms with van der Waals surface area (Å²) in [6.45, 7) is 6.97. The van der Waals surface area contributed by atoms with Gasteiger partial charge in [-0.2, -0.15) is 4.98 Å². The van der Waals surface area contributed by atoms with Gasteiger partial charge < -0.3 is 14.5 Å². The minimum absolute atomic E-state index is 0.121. The largest absolute Gasteiger partial charge is 0.444 e. The van der Waals surface area contributed by atoms with E-state index in [-0.39, 0.29) is 23.5 Å². The smallest absolute Gasteiger partial charge is 0.410 e. The van der Waals surface area contributed by atoms with Gasteiger partial charge in [-0.05, 0) is 45.2 Å². The first kappa shape index (κ1) is 15.3. The zero-order valence-corrected chi connectivity index (χ0v) is 13.7. The van der Waals surface area contributed by atoms with Crippen LogP contribution in [-0.4, -0.2) is 56.7 Å². The highest BCUT2D eigenvalue weighted by molar-refractivity contribution is 6.28. The predicted octanol–water partition coefficient (Wildman–Crippen LogP) is 2.11. The van der Waals surface area contributed by atoms with Crippen molar-refractivity contribution >= 4 is 23.6 Å². The average Bonchev–Trinajstić information content (AvgIpc) is 2.46. The lowest BCUT2D eigenvalue weighted by Gasteiger charge is -2.51. The first-order chi connectivity index (χ1) is 10.3. The molecular weight excluding hydrogens is 306 g/mol. The standard InChI is InChI=1S/C14H20ClN5O2/c1-14(2,3)22-13(21)20-7-9-4-5-10(20)6-19(9)12-17-8-16-11(15)18-12/h8-10H,4-7H2,1-3H3. The number of halogens is 1. The van der Waals surface area contributed by atoms with Crippen molar-refractivity contribution in [1.82, 2.24) is 19.9 Å². The number of amides is 1. The van der Waals surface area contributed by atoms with Crippen molar-refractivity contribution in [2.45, 2.75) is 51.3 Å². The molecule has 4 rings (SSSR count). The summed E-state index contributed by atoms with van der Waals surface area (Å²) in [5, 5.41) is 0.190. The minimum atomic E-state index is -0.477. The summed E-state index contributed by atoms with van der Waals surface area (Å²) >= 11 is 5.84. The number of anilines is 1. The molecular formula is C14H20ClN5O2. The van der Waals surface area contributed by atoms with Crippen LogP contribution in [0.25, 0.3) is 0 Å². The Balaban J connectivity index is 1.73. The van der Waals surface area contributed by atoms with Gasteiger partial charge in [0.2, 0.25) is 11.2 Å². The molecule has 3 aliphatic rings. The van der Waals surface area contributed by atoms with Crippen molar-refractivity contribution in [3.8, 4) is 0 Å². The Labute approximate surface area is 134 Å². The SMILES string of the molecule is CC(C)(C)OC(=O)N1CC2CCC1CN2c1ncnc(Cl)n1. The van der Waals surface area contributed by atoms with Gasteiger partial charge in [-0.25, -0.2) is 14.8 Å². The fourth-order valence-corrected chi connectivity index (χ4v) is 3.14. The van der Waals surface area contributed by atoms with E-state index >= 15 is 0 Å². The summed E-state index contributed by atoms with van der Waals surface area (Å²) in [6, 6.07) is 0.311. The molecule has 0 radical (unpaired) electrons. The first-order valence-electron chi connectivity index (χ1n) is 7.44. The van der Waals surface area contributed by atoms with Gasteiger partial charge >= 0.3 is 6.09 Å². The van der Waals surface area contributed by atoms with Crippen LogP contribution in [0.4, 0.5) is 10.7 Å². The van der Waals surface area contributed by atoms with E-state index in [1.807, 2.05) is 25.7 Å². The molecule has 7 nitrogen and oxygen atoms in total. The summed E-state index contributed by atoms with van der Waals surface area (Å²) in [4.78, 5) is 28.5. The van der Waals surface area contributed by atoms with Gasteiger partial charge in [-0.15, -0.1) is 0 Å². The van der Waals surface area contributed by atoms with Gasteiger partial charge in [0.05, 0.1) is 6.04 Å². The molecule has 0 aliphatic carbocycles. The number of nitrogens with zero attached hydrogens (tertiary/aromatic N) is 5. The van der Waals surface area contributed by atoms with Gasteiger partial charge in [0.1, 0.15) is 11.9 Å². The van der Waals surface area contributed by atoms with E-state index in [2.05, 4.69) is 19.9 Å². The number of piperidine rings is 2. The summed E-state index contributed by atoms with van der Waals surface area (Å²) in [5.74, 6) is 0.582. The van der Waals surface area contributed by atoms with Crippen LogP contribution in [0.5, 0.6) is 0 Å². The summed E-state index contributed by atoms with van der Waals surface area (Å²) in [6.07, 6.45) is 3.15. The van der Waals surface area contributed by atoms with Gasteiger partial charge in [-0.3, -0.25) is 0 Å². The Bertz CT molecular complexity index is 577. The van der Waals surface area contributed by atoms with Gasteiger partial charge in [-0.1, -0.05) is 0 Å². The van der Waals surface area contributed by atoms with E-state index in [0.717, 1.165) is 12.8 Å². The summed E-state index contributed by atoms with van der Waals surface area (Å²) in [7, 11) is 0. The maximum atomic E-state index is 12.3. The zero-order chi connectivity index (χ0) is 15.9. The van der Waals surface area contributed by atoms with Gasteiger partial charge in [0, 0.05) is 19.1 Å². The number of carbonyl (C=O) groups is 1. The molecule has 4 heterocycles. The second-order valence-corrected chi connectivity index (χ2v) is 7.06. The van der Waals surface area contributed by atoms with E-state index in [4.69, 9.17) is 16.3 Å². The highest BCUT2D eigenvalue weighted by atomic mass is 35.5. The monoisotopic (exact) mass is 325 g/mol. The minimum Gasteiger partial charge on any atom is -0.444 e.